The topological polar surface area (TPSA) is 120 Å². The number of rotatable bonds is 8. The lowest BCUT2D eigenvalue weighted by atomic mass is 9.99. The Balaban J connectivity index is 2.28. The van der Waals surface area contributed by atoms with E-state index in [1.54, 1.807) is 0 Å². The fraction of sp³-hybridized carbons (Fsp3) is 1.00. The molecule has 0 bridgehead atoms. The number of ether oxygens (including phenoxy) is 2. The fourth-order valence-corrected chi connectivity index (χ4v) is 1.97. The van der Waals surface area contributed by atoms with Gasteiger partial charge in [0.25, 0.3) is 0 Å². The normalized spacial score (nSPS) is 35.5. The predicted molar refractivity (Wildman–Crippen MR) is 65.3 cm³/mol. The number of aliphatic hydroxyl groups excluding tert-OH is 5. The lowest BCUT2D eigenvalue weighted by Crippen LogP contribution is -2.59. The molecule has 1 heterocycles. The number of aliphatic hydroxyl groups is 5. The number of hydrogen-bond donors (Lipinski definition) is 5. The summed E-state index contributed by atoms with van der Waals surface area (Å²) in [5.41, 5.74) is 0. The largest absolute Gasteiger partial charge is 0.396 e. The Morgan fingerprint density at radius 1 is 0.842 bits per heavy atom. The van der Waals surface area contributed by atoms with Gasteiger partial charge in [-0.05, 0) is 12.8 Å². The highest BCUT2D eigenvalue weighted by atomic mass is 16.7. The van der Waals surface area contributed by atoms with Crippen LogP contribution in [0.1, 0.15) is 25.7 Å². The first kappa shape index (κ1) is 16.8. The van der Waals surface area contributed by atoms with Crippen LogP contribution >= 0.6 is 0 Å². The molecule has 19 heavy (non-hydrogen) atoms. The van der Waals surface area contributed by atoms with Gasteiger partial charge in [0.15, 0.2) is 6.29 Å². The maximum Gasteiger partial charge on any atom is 0.186 e. The molecule has 1 aliphatic heterocycles. The summed E-state index contributed by atoms with van der Waals surface area (Å²) in [6.07, 6.45) is -2.79. The average Bonchev–Trinajstić information content (AvgIpc) is 2.42. The third kappa shape index (κ3) is 4.96. The minimum atomic E-state index is -1.40. The highest BCUT2D eigenvalue weighted by Crippen LogP contribution is 2.22. The summed E-state index contributed by atoms with van der Waals surface area (Å²) >= 11 is 0. The summed E-state index contributed by atoms with van der Waals surface area (Å²) in [5.74, 6) is 0. The van der Waals surface area contributed by atoms with Crippen LogP contribution in [0.5, 0.6) is 0 Å². The molecule has 1 fully saturated rings. The van der Waals surface area contributed by atoms with E-state index >= 15 is 0 Å². The standard InChI is InChI=1S/C12H24O7/c13-5-3-1-2-4-6-18-12-11(17)10(16)9(15)8(7-14)19-12/h8-17H,1-7H2/t8-,9-,10+,11+,12-/m1/s1. The third-order valence-electron chi connectivity index (χ3n) is 3.18. The molecule has 7 nitrogen and oxygen atoms in total. The van der Waals surface area contributed by atoms with Gasteiger partial charge < -0.3 is 35.0 Å². The maximum absolute atomic E-state index is 9.69. The van der Waals surface area contributed by atoms with Gasteiger partial charge in [-0.1, -0.05) is 12.8 Å². The van der Waals surface area contributed by atoms with Gasteiger partial charge in [0.1, 0.15) is 24.4 Å². The smallest absolute Gasteiger partial charge is 0.186 e. The van der Waals surface area contributed by atoms with E-state index < -0.39 is 37.3 Å². The Bertz CT molecular complexity index is 236. The van der Waals surface area contributed by atoms with Crippen LogP contribution in [0.3, 0.4) is 0 Å². The van der Waals surface area contributed by atoms with Crippen molar-refractivity contribution in [2.24, 2.45) is 0 Å². The molecular weight excluding hydrogens is 256 g/mol. The third-order valence-corrected chi connectivity index (χ3v) is 3.18. The molecule has 114 valence electrons. The molecule has 5 N–H and O–H groups in total. The zero-order valence-electron chi connectivity index (χ0n) is 10.9. The molecule has 1 saturated heterocycles. The van der Waals surface area contributed by atoms with Gasteiger partial charge >= 0.3 is 0 Å². The first-order chi connectivity index (χ1) is 9.11. The van der Waals surface area contributed by atoms with Crippen molar-refractivity contribution in [2.75, 3.05) is 19.8 Å². The highest BCUT2D eigenvalue weighted by Gasteiger charge is 2.43. The molecule has 0 saturated carbocycles. The van der Waals surface area contributed by atoms with Crippen LogP contribution in [0.4, 0.5) is 0 Å². The minimum absolute atomic E-state index is 0.174. The first-order valence-electron chi connectivity index (χ1n) is 6.64. The summed E-state index contributed by atoms with van der Waals surface area (Å²) in [4.78, 5) is 0. The second kappa shape index (κ2) is 8.80. The molecule has 0 aromatic carbocycles. The fourth-order valence-electron chi connectivity index (χ4n) is 1.97. The summed E-state index contributed by atoms with van der Waals surface area (Å²) < 4.78 is 10.5. The molecular formula is C12H24O7. The number of unbranched alkanes of at least 4 members (excludes halogenated alkanes) is 3. The Morgan fingerprint density at radius 3 is 2.16 bits per heavy atom. The SMILES string of the molecule is OCCCCCCO[C@@H]1O[C@H](CO)[C@@H](O)[C@H](O)[C@@H]1O. The van der Waals surface area contributed by atoms with E-state index in [2.05, 4.69) is 0 Å². The van der Waals surface area contributed by atoms with Gasteiger partial charge in [0.05, 0.1) is 6.61 Å². The lowest BCUT2D eigenvalue weighted by molar-refractivity contribution is -0.301. The van der Waals surface area contributed by atoms with Crippen molar-refractivity contribution in [3.63, 3.8) is 0 Å². The van der Waals surface area contributed by atoms with Crippen molar-refractivity contribution in [1.82, 2.24) is 0 Å². The molecule has 1 rings (SSSR count). The second-order valence-corrected chi connectivity index (χ2v) is 4.71. The van der Waals surface area contributed by atoms with E-state index in [9.17, 15) is 15.3 Å². The Hall–Kier alpha value is -0.280. The Kier molecular flexibility index (Phi) is 7.77. The first-order valence-corrected chi connectivity index (χ1v) is 6.64. The molecule has 0 aromatic rings. The van der Waals surface area contributed by atoms with Crippen molar-refractivity contribution >= 4 is 0 Å². The van der Waals surface area contributed by atoms with Gasteiger partial charge in [-0.3, -0.25) is 0 Å². The van der Waals surface area contributed by atoms with Crippen LogP contribution < -0.4 is 0 Å². The molecule has 0 unspecified atom stereocenters. The van der Waals surface area contributed by atoms with Crippen molar-refractivity contribution < 1.29 is 35.0 Å². The van der Waals surface area contributed by atoms with Gasteiger partial charge in [-0.2, -0.15) is 0 Å². The van der Waals surface area contributed by atoms with E-state index in [0.29, 0.717) is 6.61 Å². The van der Waals surface area contributed by atoms with Crippen LogP contribution in [0.25, 0.3) is 0 Å². The molecule has 0 spiro atoms. The van der Waals surface area contributed by atoms with Crippen molar-refractivity contribution in [2.45, 2.75) is 56.4 Å². The van der Waals surface area contributed by atoms with Crippen LogP contribution in [0, 0.1) is 0 Å². The van der Waals surface area contributed by atoms with Crippen molar-refractivity contribution in [1.29, 1.82) is 0 Å². The zero-order chi connectivity index (χ0) is 14.3. The van der Waals surface area contributed by atoms with Crippen molar-refractivity contribution in [3.8, 4) is 0 Å². The van der Waals surface area contributed by atoms with E-state index in [-0.39, 0.29) is 6.61 Å². The minimum Gasteiger partial charge on any atom is -0.396 e. The van der Waals surface area contributed by atoms with E-state index in [4.69, 9.17) is 19.7 Å². The average molecular weight is 280 g/mol. The summed E-state index contributed by atoms with van der Waals surface area (Å²) in [5, 5.41) is 46.4. The van der Waals surface area contributed by atoms with E-state index in [1.165, 1.54) is 0 Å². The molecule has 5 atom stereocenters. The summed E-state index contributed by atoms with van der Waals surface area (Å²) in [6.45, 7) is 0.0585. The number of hydrogen-bond acceptors (Lipinski definition) is 7. The molecule has 0 amide bonds. The highest BCUT2D eigenvalue weighted by molar-refractivity contribution is 4.88. The molecule has 7 heteroatoms. The Morgan fingerprint density at radius 2 is 1.53 bits per heavy atom. The van der Waals surface area contributed by atoms with E-state index in [1.807, 2.05) is 0 Å². The van der Waals surface area contributed by atoms with Crippen LogP contribution in [-0.2, 0) is 9.47 Å². The zero-order valence-corrected chi connectivity index (χ0v) is 10.9. The van der Waals surface area contributed by atoms with Gasteiger partial charge in [-0.15, -0.1) is 0 Å². The molecule has 1 aliphatic rings. The molecule has 0 aliphatic carbocycles. The van der Waals surface area contributed by atoms with Crippen LogP contribution in [0.2, 0.25) is 0 Å². The monoisotopic (exact) mass is 280 g/mol. The van der Waals surface area contributed by atoms with Gasteiger partial charge in [-0.25, -0.2) is 0 Å². The second-order valence-electron chi connectivity index (χ2n) is 4.71. The quantitative estimate of drug-likeness (QED) is 0.338. The lowest BCUT2D eigenvalue weighted by Gasteiger charge is -2.39. The summed E-state index contributed by atoms with van der Waals surface area (Å²) in [6, 6.07) is 0. The predicted octanol–water partition coefficient (Wildman–Crippen LogP) is -1.64. The van der Waals surface area contributed by atoms with Crippen LogP contribution in [0.15, 0.2) is 0 Å². The van der Waals surface area contributed by atoms with Gasteiger partial charge in [0, 0.05) is 13.2 Å². The van der Waals surface area contributed by atoms with E-state index in [0.717, 1.165) is 25.7 Å². The summed E-state index contributed by atoms with van der Waals surface area (Å²) in [7, 11) is 0. The molecule has 0 aromatic heterocycles. The Labute approximate surface area is 112 Å². The van der Waals surface area contributed by atoms with Gasteiger partial charge in [0.2, 0.25) is 0 Å². The van der Waals surface area contributed by atoms with Crippen LogP contribution in [-0.4, -0.2) is 76.1 Å². The maximum atomic E-state index is 9.69. The molecule has 0 radical (unpaired) electrons. The van der Waals surface area contributed by atoms with Crippen molar-refractivity contribution in [3.05, 3.63) is 0 Å².